The molecule has 0 fully saturated rings. The van der Waals surface area contributed by atoms with Crippen LogP contribution in [-0.4, -0.2) is 30.6 Å². The molecule has 4 rings (SSSR count). The number of amides is 1. The molecule has 0 aliphatic heterocycles. The molecule has 0 saturated heterocycles. The van der Waals surface area contributed by atoms with E-state index in [-0.39, 0.29) is 28.5 Å². The first-order valence-electron chi connectivity index (χ1n) is 13.4. The summed E-state index contributed by atoms with van der Waals surface area (Å²) in [6.45, 7) is 19.6. The van der Waals surface area contributed by atoms with Gasteiger partial charge in [-0.2, -0.15) is 0 Å². The van der Waals surface area contributed by atoms with Crippen LogP contribution in [0.15, 0.2) is 49.1 Å². The van der Waals surface area contributed by atoms with Gasteiger partial charge in [0.25, 0.3) is 5.91 Å². The summed E-state index contributed by atoms with van der Waals surface area (Å²) in [6, 6.07) is 8.09. The number of carbonyl (C=O) groups is 1. The SMILES string of the molecule is C=CCNC(=O)c1c([Si](C)(C)C)sc(C)c1C.Cc1nc2c(F)c(F)ccc2cc1Oc1cccc(F)c1C(C)(C)O. The quantitative estimate of drug-likeness (QED) is 0.165. The van der Waals surface area contributed by atoms with Crippen LogP contribution >= 0.6 is 11.3 Å². The van der Waals surface area contributed by atoms with Gasteiger partial charge >= 0.3 is 0 Å². The molecule has 0 atom stereocenters. The third-order valence-corrected chi connectivity index (χ3v) is 11.3. The van der Waals surface area contributed by atoms with Crippen molar-refractivity contribution in [1.82, 2.24) is 10.3 Å². The molecule has 0 radical (unpaired) electrons. The van der Waals surface area contributed by atoms with Gasteiger partial charge in [-0.25, -0.2) is 18.2 Å². The minimum Gasteiger partial charge on any atom is -0.455 e. The minimum absolute atomic E-state index is 0.000200. The zero-order valence-electron chi connectivity index (χ0n) is 25.2. The van der Waals surface area contributed by atoms with E-state index in [0.717, 1.165) is 17.2 Å². The highest BCUT2D eigenvalue weighted by atomic mass is 32.1. The van der Waals surface area contributed by atoms with Crippen molar-refractivity contribution in [2.24, 2.45) is 0 Å². The number of ether oxygens (including phenoxy) is 1. The van der Waals surface area contributed by atoms with E-state index in [1.165, 1.54) is 53.6 Å². The number of aromatic nitrogens is 1. The lowest BCUT2D eigenvalue weighted by molar-refractivity contribution is 0.0720. The number of aliphatic hydroxyl groups is 1. The van der Waals surface area contributed by atoms with Gasteiger partial charge in [0, 0.05) is 21.3 Å². The number of pyridine rings is 1. The lowest BCUT2D eigenvalue weighted by atomic mass is 9.96. The Labute approximate surface area is 250 Å². The fraction of sp³-hybridized carbons (Fsp3) is 0.312. The molecule has 4 aromatic rings. The summed E-state index contributed by atoms with van der Waals surface area (Å²) in [5.74, 6) is -2.19. The number of hydrogen-bond donors (Lipinski definition) is 2. The fourth-order valence-electron chi connectivity index (χ4n) is 4.34. The molecule has 0 bridgehead atoms. The van der Waals surface area contributed by atoms with Crippen LogP contribution in [0.25, 0.3) is 10.9 Å². The van der Waals surface area contributed by atoms with E-state index >= 15 is 0 Å². The number of hydrogen-bond acceptors (Lipinski definition) is 5. The van der Waals surface area contributed by atoms with Crippen molar-refractivity contribution in [3.05, 3.63) is 93.8 Å². The van der Waals surface area contributed by atoms with E-state index < -0.39 is 31.1 Å². The predicted octanol–water partition coefficient (Wildman–Crippen LogP) is 7.81. The maximum absolute atomic E-state index is 14.2. The normalized spacial score (nSPS) is 11.6. The van der Waals surface area contributed by atoms with Gasteiger partial charge in [0.05, 0.1) is 30.5 Å². The molecule has 0 spiro atoms. The van der Waals surface area contributed by atoms with Crippen molar-refractivity contribution in [2.45, 2.75) is 59.9 Å². The van der Waals surface area contributed by atoms with E-state index in [9.17, 15) is 23.1 Å². The van der Waals surface area contributed by atoms with Gasteiger partial charge < -0.3 is 15.2 Å². The monoisotopic (exact) mass is 614 g/mol. The minimum atomic E-state index is -1.46. The molecule has 5 nitrogen and oxygen atoms in total. The van der Waals surface area contributed by atoms with Gasteiger partial charge in [-0.05, 0) is 70.5 Å². The molecular formula is C32H37F3N2O3SSi. The van der Waals surface area contributed by atoms with Crippen LogP contribution in [0.4, 0.5) is 13.2 Å². The standard InChI is InChI=1S/C19H16F3NO2.C13H21NOSSi/c1-10-15(9-11-7-8-13(21)17(22)18(11)23-10)25-14-6-4-5-12(20)16(14)19(2,3)24;1-7-8-14-12(15)11-9(2)10(3)16-13(11)17(4,5)6/h4-9,24H,1-3H3;7H,1,8H2,2-6H3,(H,14,15). The highest BCUT2D eigenvalue weighted by molar-refractivity contribution is 7.27. The summed E-state index contributed by atoms with van der Waals surface area (Å²) in [7, 11) is -1.46. The first-order chi connectivity index (χ1) is 19.5. The highest BCUT2D eigenvalue weighted by Crippen LogP contribution is 2.36. The number of thiophene rings is 1. The maximum Gasteiger partial charge on any atom is 0.252 e. The second-order valence-corrected chi connectivity index (χ2v) is 18.1. The van der Waals surface area contributed by atoms with Crippen LogP contribution in [-0.2, 0) is 5.60 Å². The van der Waals surface area contributed by atoms with Crippen molar-refractivity contribution < 1.29 is 27.8 Å². The van der Waals surface area contributed by atoms with Crippen LogP contribution in [0.2, 0.25) is 19.6 Å². The molecular weight excluding hydrogens is 578 g/mol. The van der Waals surface area contributed by atoms with Crippen molar-refractivity contribution in [1.29, 1.82) is 0 Å². The highest BCUT2D eigenvalue weighted by Gasteiger charge is 2.29. The molecule has 2 heterocycles. The van der Waals surface area contributed by atoms with E-state index in [2.05, 4.69) is 43.4 Å². The van der Waals surface area contributed by atoms with E-state index in [1.807, 2.05) is 6.92 Å². The molecule has 0 unspecified atom stereocenters. The Morgan fingerprint density at radius 2 is 1.76 bits per heavy atom. The Hall–Kier alpha value is -3.47. The summed E-state index contributed by atoms with van der Waals surface area (Å²) in [6.07, 6.45) is 1.71. The Morgan fingerprint density at radius 3 is 2.36 bits per heavy atom. The van der Waals surface area contributed by atoms with Gasteiger partial charge in [0.2, 0.25) is 0 Å². The summed E-state index contributed by atoms with van der Waals surface area (Å²) >= 11 is 1.78. The lowest BCUT2D eigenvalue weighted by Crippen LogP contribution is -2.41. The number of aryl methyl sites for hydroxylation is 2. The average molecular weight is 615 g/mol. The predicted molar refractivity (Wildman–Crippen MR) is 167 cm³/mol. The number of carbonyl (C=O) groups excluding carboxylic acids is 1. The fourth-order valence-corrected chi connectivity index (χ4v) is 7.98. The number of benzene rings is 2. The van der Waals surface area contributed by atoms with E-state index in [1.54, 1.807) is 24.3 Å². The molecule has 10 heteroatoms. The second-order valence-electron chi connectivity index (χ2n) is 11.5. The number of nitrogens with zero attached hydrogens (tertiary/aromatic N) is 1. The molecule has 224 valence electrons. The third kappa shape index (κ3) is 7.29. The molecule has 0 saturated carbocycles. The topological polar surface area (TPSA) is 71.5 Å². The largest absolute Gasteiger partial charge is 0.455 e. The Morgan fingerprint density at radius 1 is 1.10 bits per heavy atom. The van der Waals surface area contributed by atoms with Crippen LogP contribution in [0, 0.1) is 38.2 Å². The third-order valence-electron chi connectivity index (χ3n) is 6.53. The molecule has 42 heavy (non-hydrogen) atoms. The van der Waals surface area contributed by atoms with Gasteiger partial charge in [-0.1, -0.05) is 31.8 Å². The molecule has 0 aliphatic carbocycles. The van der Waals surface area contributed by atoms with Crippen molar-refractivity contribution in [3.63, 3.8) is 0 Å². The van der Waals surface area contributed by atoms with Crippen molar-refractivity contribution in [3.8, 4) is 11.5 Å². The van der Waals surface area contributed by atoms with E-state index in [0.29, 0.717) is 17.6 Å². The maximum atomic E-state index is 14.2. The number of halogens is 3. The second kappa shape index (κ2) is 12.8. The van der Waals surface area contributed by atoms with Gasteiger partial charge in [0.15, 0.2) is 11.6 Å². The zero-order chi connectivity index (χ0) is 31.6. The lowest BCUT2D eigenvalue weighted by Gasteiger charge is -2.22. The Kier molecular flexibility index (Phi) is 10.1. The summed E-state index contributed by atoms with van der Waals surface area (Å²) < 4.78 is 48.4. The van der Waals surface area contributed by atoms with Gasteiger partial charge in [0.1, 0.15) is 22.8 Å². The summed E-state index contributed by atoms with van der Waals surface area (Å²) in [4.78, 5) is 17.5. The number of fused-ring (bicyclic) bond motifs is 1. The summed E-state index contributed by atoms with van der Waals surface area (Å²) in [5, 5.41) is 13.4. The molecule has 2 aromatic heterocycles. The van der Waals surface area contributed by atoms with Crippen LogP contribution in [0.5, 0.6) is 11.5 Å². The average Bonchev–Trinajstić information content (AvgIpc) is 3.20. The van der Waals surface area contributed by atoms with Crippen molar-refractivity contribution >= 4 is 40.7 Å². The van der Waals surface area contributed by atoms with Crippen LogP contribution in [0.3, 0.4) is 0 Å². The first-order valence-corrected chi connectivity index (χ1v) is 17.7. The molecule has 1 amide bonds. The zero-order valence-corrected chi connectivity index (χ0v) is 27.0. The summed E-state index contributed by atoms with van der Waals surface area (Å²) in [5.41, 5.74) is 0.783. The molecule has 2 N–H and O–H groups in total. The van der Waals surface area contributed by atoms with Gasteiger partial charge in [-0.15, -0.1) is 17.9 Å². The molecule has 0 aliphatic rings. The number of rotatable bonds is 7. The Balaban J connectivity index is 0.000000250. The Bertz CT molecular complexity index is 1640. The smallest absolute Gasteiger partial charge is 0.252 e. The van der Waals surface area contributed by atoms with Gasteiger partial charge in [-0.3, -0.25) is 4.79 Å². The van der Waals surface area contributed by atoms with Crippen LogP contribution < -0.4 is 14.6 Å². The number of nitrogens with one attached hydrogen (secondary N) is 1. The van der Waals surface area contributed by atoms with Crippen molar-refractivity contribution in [2.75, 3.05) is 6.54 Å². The van der Waals surface area contributed by atoms with E-state index in [4.69, 9.17) is 4.74 Å². The first kappa shape index (κ1) is 33.0. The van der Waals surface area contributed by atoms with Crippen LogP contribution in [0.1, 0.15) is 45.9 Å². The molecule has 2 aromatic carbocycles.